The predicted molar refractivity (Wildman–Crippen MR) is 65.5 cm³/mol. The number of hydrogen-bond donors (Lipinski definition) is 1. The van der Waals surface area contributed by atoms with Gasteiger partial charge in [0.1, 0.15) is 6.10 Å². The van der Waals surface area contributed by atoms with Gasteiger partial charge in [-0.3, -0.25) is 4.79 Å². The van der Waals surface area contributed by atoms with Crippen LogP contribution < -0.4 is 5.32 Å². The molecule has 0 aromatic rings. The molecule has 1 N–H and O–H groups in total. The van der Waals surface area contributed by atoms with Crippen molar-refractivity contribution in [1.29, 1.82) is 0 Å². The van der Waals surface area contributed by atoms with Crippen LogP contribution in [0.2, 0.25) is 0 Å². The molecule has 0 radical (unpaired) electrons. The van der Waals surface area contributed by atoms with Crippen LogP contribution in [0.15, 0.2) is 0 Å². The number of hydrogen-bond acceptors (Lipinski definition) is 5. The van der Waals surface area contributed by atoms with Crippen molar-refractivity contribution in [3.8, 4) is 0 Å². The van der Waals surface area contributed by atoms with E-state index in [-0.39, 0.29) is 42.0 Å². The Balaban J connectivity index is 2.41. The van der Waals surface area contributed by atoms with Crippen LogP contribution in [-0.2, 0) is 19.4 Å². The molecule has 0 saturated carbocycles. The lowest BCUT2D eigenvalue weighted by Crippen LogP contribution is -2.46. The molecule has 1 aliphatic rings. The monoisotopic (exact) mass is 263 g/mol. The average Bonchev–Trinajstić information content (AvgIpc) is 2.15. The van der Waals surface area contributed by atoms with Gasteiger partial charge in [-0.25, -0.2) is 8.42 Å². The summed E-state index contributed by atoms with van der Waals surface area (Å²) in [7, 11) is -2.99. The van der Waals surface area contributed by atoms with Crippen molar-refractivity contribution in [3.63, 3.8) is 0 Å². The van der Waals surface area contributed by atoms with Gasteiger partial charge in [0.25, 0.3) is 0 Å². The Morgan fingerprint density at radius 2 is 2.06 bits per heavy atom. The van der Waals surface area contributed by atoms with Crippen LogP contribution >= 0.6 is 0 Å². The lowest BCUT2D eigenvalue weighted by Gasteiger charge is -2.24. The number of carbonyl (C=O) groups is 1. The summed E-state index contributed by atoms with van der Waals surface area (Å²) < 4.78 is 28.0. The average molecular weight is 263 g/mol. The number of carbonyl (C=O) groups excluding carboxylic acids is 1. The summed E-state index contributed by atoms with van der Waals surface area (Å²) in [4.78, 5) is 11.6. The predicted octanol–water partition coefficient (Wildman–Crippen LogP) is 0.351. The molecular formula is C11H21NO4S. The van der Waals surface area contributed by atoms with Crippen molar-refractivity contribution < 1.29 is 17.9 Å². The fourth-order valence-electron chi connectivity index (χ4n) is 1.59. The lowest BCUT2D eigenvalue weighted by atomic mass is 10.1. The minimum absolute atomic E-state index is 0.0260. The van der Waals surface area contributed by atoms with Crippen LogP contribution in [0, 0.1) is 5.92 Å². The van der Waals surface area contributed by atoms with Gasteiger partial charge in [-0.15, -0.1) is 0 Å². The van der Waals surface area contributed by atoms with Gasteiger partial charge < -0.3 is 10.1 Å². The highest BCUT2D eigenvalue weighted by atomic mass is 32.2. The topological polar surface area (TPSA) is 72.5 Å². The molecule has 100 valence electrons. The van der Waals surface area contributed by atoms with Gasteiger partial charge in [-0.05, 0) is 12.8 Å². The molecule has 6 heteroatoms. The highest BCUT2D eigenvalue weighted by Gasteiger charge is 2.27. The maximum atomic E-state index is 11.6. The number of rotatable bonds is 4. The highest BCUT2D eigenvalue weighted by Crippen LogP contribution is 2.10. The summed E-state index contributed by atoms with van der Waals surface area (Å²) >= 11 is 0. The van der Waals surface area contributed by atoms with Crippen LogP contribution in [-0.4, -0.2) is 44.6 Å². The van der Waals surface area contributed by atoms with Gasteiger partial charge in [-0.1, -0.05) is 13.8 Å². The van der Waals surface area contributed by atoms with Crippen molar-refractivity contribution in [1.82, 2.24) is 5.32 Å². The number of nitrogens with one attached hydrogen (secondary N) is 1. The smallest absolute Gasteiger partial charge is 0.307 e. The van der Waals surface area contributed by atoms with Gasteiger partial charge in [0, 0.05) is 12.6 Å². The molecule has 0 spiro atoms. The summed E-state index contributed by atoms with van der Waals surface area (Å²) in [5.74, 6) is 0.113. The molecular weight excluding hydrogens is 242 g/mol. The Kier molecular flexibility index (Phi) is 4.94. The molecule has 2 unspecified atom stereocenters. The first kappa shape index (κ1) is 14.4. The zero-order valence-corrected chi connectivity index (χ0v) is 11.4. The Morgan fingerprint density at radius 1 is 1.41 bits per heavy atom. The zero-order valence-electron chi connectivity index (χ0n) is 10.6. The number of ether oxygens (including phenoxy) is 1. The first-order valence-corrected chi connectivity index (χ1v) is 7.75. The van der Waals surface area contributed by atoms with E-state index in [2.05, 4.69) is 5.32 Å². The van der Waals surface area contributed by atoms with Gasteiger partial charge >= 0.3 is 5.97 Å². The molecule has 17 heavy (non-hydrogen) atoms. The summed E-state index contributed by atoms with van der Waals surface area (Å²) in [6.45, 7) is 6.20. The third-order valence-electron chi connectivity index (χ3n) is 2.97. The van der Waals surface area contributed by atoms with Crippen LogP contribution in [0.1, 0.15) is 27.2 Å². The van der Waals surface area contributed by atoms with E-state index < -0.39 is 9.84 Å². The first-order chi connectivity index (χ1) is 7.80. The minimum atomic E-state index is -2.99. The molecule has 5 nitrogen and oxygen atoms in total. The Labute approximate surface area is 103 Å². The van der Waals surface area contributed by atoms with Crippen LogP contribution in [0.3, 0.4) is 0 Å². The summed E-state index contributed by atoms with van der Waals surface area (Å²) in [6.07, 6.45) is -0.0151. The third-order valence-corrected chi connectivity index (χ3v) is 4.71. The second-order valence-corrected chi connectivity index (χ2v) is 7.14. The molecule has 1 rings (SSSR count). The normalized spacial score (nSPS) is 25.5. The number of sulfone groups is 1. The van der Waals surface area contributed by atoms with Crippen molar-refractivity contribution >= 4 is 15.8 Å². The highest BCUT2D eigenvalue weighted by molar-refractivity contribution is 7.91. The second kappa shape index (κ2) is 5.82. The standard InChI is InChI=1S/C11H21NO4S/c1-8(2)9(3)16-11(13)6-10-7-17(14,15)5-4-12-10/h8-10,12H,4-7H2,1-3H3. The first-order valence-electron chi connectivity index (χ1n) is 5.93. The van der Waals surface area contributed by atoms with E-state index >= 15 is 0 Å². The summed E-state index contributed by atoms with van der Waals surface area (Å²) in [6, 6.07) is -0.305. The van der Waals surface area contributed by atoms with Crippen molar-refractivity contribution in [3.05, 3.63) is 0 Å². The van der Waals surface area contributed by atoms with Crippen molar-refractivity contribution in [2.75, 3.05) is 18.1 Å². The maximum Gasteiger partial charge on any atom is 0.307 e. The molecule has 0 aromatic heterocycles. The quantitative estimate of drug-likeness (QED) is 0.741. The van der Waals surface area contributed by atoms with E-state index in [0.29, 0.717) is 6.54 Å². The number of esters is 1. The van der Waals surface area contributed by atoms with E-state index in [1.807, 2.05) is 20.8 Å². The van der Waals surface area contributed by atoms with Gasteiger partial charge in [0.05, 0.1) is 17.9 Å². The van der Waals surface area contributed by atoms with E-state index in [4.69, 9.17) is 4.74 Å². The van der Waals surface area contributed by atoms with Gasteiger partial charge in [0.15, 0.2) is 9.84 Å². The molecule has 0 bridgehead atoms. The summed E-state index contributed by atoms with van der Waals surface area (Å²) in [5.41, 5.74) is 0. The van der Waals surface area contributed by atoms with Gasteiger partial charge in [0.2, 0.25) is 0 Å². The van der Waals surface area contributed by atoms with Crippen molar-refractivity contribution in [2.24, 2.45) is 5.92 Å². The molecule has 1 aliphatic heterocycles. The summed E-state index contributed by atoms with van der Waals surface area (Å²) in [5, 5.41) is 3.03. The minimum Gasteiger partial charge on any atom is -0.462 e. The zero-order chi connectivity index (χ0) is 13.1. The molecule has 1 saturated heterocycles. The Hall–Kier alpha value is -0.620. The Bertz CT molecular complexity index is 364. The van der Waals surface area contributed by atoms with Gasteiger partial charge in [-0.2, -0.15) is 0 Å². The largest absolute Gasteiger partial charge is 0.462 e. The van der Waals surface area contributed by atoms with E-state index in [9.17, 15) is 13.2 Å². The van der Waals surface area contributed by atoms with E-state index in [1.165, 1.54) is 0 Å². The molecule has 0 aliphatic carbocycles. The van der Waals surface area contributed by atoms with Crippen molar-refractivity contribution in [2.45, 2.75) is 39.3 Å². The molecule has 0 amide bonds. The molecule has 2 atom stereocenters. The lowest BCUT2D eigenvalue weighted by molar-refractivity contribution is -0.150. The molecule has 1 heterocycles. The van der Waals surface area contributed by atoms with E-state index in [0.717, 1.165) is 0 Å². The fraction of sp³-hybridized carbons (Fsp3) is 0.909. The molecule has 1 fully saturated rings. The molecule has 0 aromatic carbocycles. The SMILES string of the molecule is CC(C)C(C)OC(=O)CC1CS(=O)(=O)CCN1. The fourth-order valence-corrected chi connectivity index (χ4v) is 3.04. The van der Waals surface area contributed by atoms with Crippen LogP contribution in [0.5, 0.6) is 0 Å². The third kappa shape index (κ3) is 5.04. The van der Waals surface area contributed by atoms with Crippen LogP contribution in [0.4, 0.5) is 0 Å². The second-order valence-electron chi connectivity index (χ2n) is 4.91. The maximum absolute atomic E-state index is 11.6. The van der Waals surface area contributed by atoms with E-state index in [1.54, 1.807) is 0 Å². The van der Waals surface area contributed by atoms with Crippen LogP contribution in [0.25, 0.3) is 0 Å². The Morgan fingerprint density at radius 3 is 2.59 bits per heavy atom.